The highest BCUT2D eigenvalue weighted by atomic mass is 79.9. The molecule has 2 atom stereocenters. The Bertz CT molecular complexity index is 440. The quantitative estimate of drug-likeness (QED) is 0.736. The van der Waals surface area contributed by atoms with Crippen LogP contribution in [-0.4, -0.2) is 18.2 Å². The Morgan fingerprint density at radius 3 is 2.41 bits per heavy atom. The number of hydrogen-bond donors (Lipinski definition) is 0. The number of rotatable bonds is 1. The molecule has 1 heterocycles. The van der Waals surface area contributed by atoms with Crippen LogP contribution in [0.1, 0.15) is 30.5 Å². The van der Waals surface area contributed by atoms with Gasteiger partial charge in [0.05, 0.1) is 4.83 Å². The minimum absolute atomic E-state index is 0.00956. The predicted molar refractivity (Wildman–Crippen MR) is 73.1 cm³/mol. The van der Waals surface area contributed by atoms with E-state index in [1.54, 1.807) is 7.11 Å². The lowest BCUT2D eigenvalue weighted by Crippen LogP contribution is -2.47. The van der Waals surface area contributed by atoms with Crippen molar-refractivity contribution in [2.75, 3.05) is 7.11 Å². The lowest BCUT2D eigenvalue weighted by molar-refractivity contribution is -0.0738. The fraction of sp³-hybridized carbons (Fsp3) is 0.571. The van der Waals surface area contributed by atoms with E-state index >= 15 is 0 Å². The van der Waals surface area contributed by atoms with Gasteiger partial charge in [0.1, 0.15) is 5.75 Å². The molecule has 17 heavy (non-hydrogen) atoms. The number of fused-ring (bicyclic) bond motifs is 1. The van der Waals surface area contributed by atoms with Gasteiger partial charge in [-0.25, -0.2) is 0 Å². The molecule has 0 N–H and O–H groups in total. The van der Waals surface area contributed by atoms with Crippen molar-refractivity contribution in [3.05, 3.63) is 28.8 Å². The van der Waals surface area contributed by atoms with Crippen LogP contribution in [0, 0.1) is 13.8 Å². The third-order valence-corrected chi connectivity index (χ3v) is 5.18. The fourth-order valence-electron chi connectivity index (χ4n) is 2.56. The highest BCUT2D eigenvalue weighted by Gasteiger charge is 2.44. The number of hydrogen-bond acceptors (Lipinski definition) is 2. The topological polar surface area (TPSA) is 18.5 Å². The van der Waals surface area contributed by atoms with Gasteiger partial charge in [0.25, 0.3) is 0 Å². The zero-order chi connectivity index (χ0) is 12.8. The van der Waals surface area contributed by atoms with Crippen molar-refractivity contribution < 1.29 is 9.47 Å². The van der Waals surface area contributed by atoms with Gasteiger partial charge < -0.3 is 9.47 Å². The maximum Gasteiger partial charge on any atom is 0.213 e. The van der Waals surface area contributed by atoms with Crippen LogP contribution >= 0.6 is 15.9 Å². The van der Waals surface area contributed by atoms with Crippen molar-refractivity contribution >= 4 is 15.9 Å². The molecule has 0 bridgehead atoms. The molecule has 0 saturated carbocycles. The summed E-state index contributed by atoms with van der Waals surface area (Å²) >= 11 is 3.71. The molecule has 3 heteroatoms. The largest absolute Gasteiger partial charge is 0.463 e. The van der Waals surface area contributed by atoms with E-state index in [1.165, 1.54) is 16.7 Å². The highest BCUT2D eigenvalue weighted by molar-refractivity contribution is 9.09. The second-order valence-electron chi connectivity index (χ2n) is 5.25. The van der Waals surface area contributed by atoms with Crippen LogP contribution in [0.2, 0.25) is 0 Å². The number of alkyl halides is 1. The molecule has 0 amide bonds. The molecule has 2 rings (SSSR count). The van der Waals surface area contributed by atoms with E-state index in [-0.39, 0.29) is 16.5 Å². The van der Waals surface area contributed by atoms with Crippen LogP contribution < -0.4 is 4.74 Å². The molecule has 0 aliphatic carbocycles. The standard InChI is InChI=1S/C14H19BrO2/c1-8-6-7-9(2)11-10(8)14(3,4)12(15)13(16-5)17-11/h6-7,12-13H,1-5H3. The Balaban J connectivity index is 2.64. The smallest absolute Gasteiger partial charge is 0.213 e. The molecule has 94 valence electrons. The maximum absolute atomic E-state index is 5.97. The van der Waals surface area contributed by atoms with Gasteiger partial charge in [0.2, 0.25) is 6.29 Å². The third kappa shape index (κ3) is 1.89. The van der Waals surface area contributed by atoms with Crippen LogP contribution in [0.3, 0.4) is 0 Å². The highest BCUT2D eigenvalue weighted by Crippen LogP contribution is 2.47. The summed E-state index contributed by atoms with van der Waals surface area (Å²) in [5, 5.41) is 0. The Labute approximate surface area is 111 Å². The van der Waals surface area contributed by atoms with Gasteiger partial charge in [0, 0.05) is 18.1 Å². The summed E-state index contributed by atoms with van der Waals surface area (Å²) in [6, 6.07) is 4.26. The molecule has 2 unspecified atom stereocenters. The van der Waals surface area contributed by atoms with Crippen molar-refractivity contribution in [3.63, 3.8) is 0 Å². The van der Waals surface area contributed by atoms with E-state index in [0.717, 1.165) is 5.75 Å². The summed E-state index contributed by atoms with van der Waals surface area (Å²) in [5.74, 6) is 0.984. The molecule has 1 aliphatic rings. The lowest BCUT2D eigenvalue weighted by Gasteiger charge is -2.42. The molecule has 0 spiro atoms. The fourth-order valence-corrected chi connectivity index (χ4v) is 3.11. The average molecular weight is 299 g/mol. The van der Waals surface area contributed by atoms with E-state index in [9.17, 15) is 0 Å². The van der Waals surface area contributed by atoms with Crippen LogP contribution in [0.5, 0.6) is 5.75 Å². The number of halogens is 1. The molecular weight excluding hydrogens is 280 g/mol. The van der Waals surface area contributed by atoms with Gasteiger partial charge >= 0.3 is 0 Å². The van der Waals surface area contributed by atoms with E-state index in [4.69, 9.17) is 9.47 Å². The molecule has 1 aromatic carbocycles. The van der Waals surface area contributed by atoms with Gasteiger partial charge in [-0.1, -0.05) is 41.9 Å². The number of methoxy groups -OCH3 is 1. The van der Waals surface area contributed by atoms with Crippen molar-refractivity contribution in [2.24, 2.45) is 0 Å². The molecule has 1 aliphatic heterocycles. The monoisotopic (exact) mass is 298 g/mol. The number of aryl methyl sites for hydroxylation is 2. The predicted octanol–water partition coefficient (Wildman–Crippen LogP) is 3.71. The van der Waals surface area contributed by atoms with E-state index in [0.29, 0.717) is 0 Å². The first kappa shape index (κ1) is 12.9. The van der Waals surface area contributed by atoms with E-state index in [1.807, 2.05) is 0 Å². The summed E-state index contributed by atoms with van der Waals surface area (Å²) in [6.07, 6.45) is -0.238. The first-order valence-corrected chi connectivity index (χ1v) is 6.75. The van der Waals surface area contributed by atoms with Gasteiger partial charge in [-0.05, 0) is 25.0 Å². The van der Waals surface area contributed by atoms with Crippen molar-refractivity contribution in [2.45, 2.75) is 44.2 Å². The first-order valence-electron chi connectivity index (χ1n) is 5.83. The zero-order valence-corrected chi connectivity index (χ0v) is 12.6. The van der Waals surface area contributed by atoms with Crippen molar-refractivity contribution in [1.29, 1.82) is 0 Å². The molecule has 0 aromatic heterocycles. The summed E-state index contributed by atoms with van der Waals surface area (Å²) in [6.45, 7) is 8.67. The SMILES string of the molecule is COC1Oc2c(C)ccc(C)c2C(C)(C)C1Br. The minimum atomic E-state index is -0.238. The van der Waals surface area contributed by atoms with Crippen LogP contribution in [0.15, 0.2) is 12.1 Å². The number of benzene rings is 1. The molecule has 0 fully saturated rings. The Hall–Kier alpha value is -0.540. The van der Waals surface area contributed by atoms with Crippen LogP contribution in [0.25, 0.3) is 0 Å². The Kier molecular flexibility index (Phi) is 3.25. The minimum Gasteiger partial charge on any atom is -0.463 e. The Morgan fingerprint density at radius 1 is 1.24 bits per heavy atom. The summed E-state index contributed by atoms with van der Waals surface area (Å²) in [4.78, 5) is 0.146. The summed E-state index contributed by atoms with van der Waals surface area (Å²) < 4.78 is 11.4. The summed E-state index contributed by atoms with van der Waals surface area (Å²) in [7, 11) is 1.69. The van der Waals surface area contributed by atoms with Gasteiger partial charge in [0.15, 0.2) is 0 Å². The van der Waals surface area contributed by atoms with Crippen LogP contribution in [0.4, 0.5) is 0 Å². The van der Waals surface area contributed by atoms with Crippen LogP contribution in [-0.2, 0) is 10.2 Å². The number of ether oxygens (including phenoxy) is 2. The summed E-state index contributed by atoms with van der Waals surface area (Å²) in [5.41, 5.74) is 3.71. The first-order chi connectivity index (χ1) is 7.89. The Morgan fingerprint density at radius 2 is 1.82 bits per heavy atom. The van der Waals surface area contributed by atoms with E-state index < -0.39 is 0 Å². The van der Waals surface area contributed by atoms with E-state index in [2.05, 4.69) is 55.8 Å². The molecular formula is C14H19BrO2. The van der Waals surface area contributed by atoms with Gasteiger partial charge in [-0.2, -0.15) is 0 Å². The molecule has 0 radical (unpaired) electrons. The van der Waals surface area contributed by atoms with Gasteiger partial charge in [-0.15, -0.1) is 0 Å². The van der Waals surface area contributed by atoms with Gasteiger partial charge in [-0.3, -0.25) is 0 Å². The maximum atomic E-state index is 5.97. The molecule has 1 aromatic rings. The molecule has 0 saturated heterocycles. The second-order valence-corrected chi connectivity index (χ2v) is 6.24. The van der Waals surface area contributed by atoms with Crippen molar-refractivity contribution in [3.8, 4) is 5.75 Å². The van der Waals surface area contributed by atoms with Crippen molar-refractivity contribution in [1.82, 2.24) is 0 Å². The third-order valence-electron chi connectivity index (χ3n) is 3.60. The normalized spacial score (nSPS) is 26.2. The zero-order valence-electron chi connectivity index (χ0n) is 11.0. The second kappa shape index (κ2) is 4.29. The average Bonchev–Trinajstić information content (AvgIpc) is 2.27. The molecule has 2 nitrogen and oxygen atoms in total. The lowest BCUT2D eigenvalue weighted by atomic mass is 9.76.